The van der Waals surface area contributed by atoms with Crippen molar-refractivity contribution in [2.45, 2.75) is 63.3 Å². The standard InChI is InChI=1S/C26H33N7O4S/c1-17-13-26(10-11-26)32(14-17)23-19(24(34)30-38(35,36)20-15-31(4)28-18(20)2)5-6-21(27-23)33-12-7-22(29-33)37-16-25(3)8-9-25/h5-7,12,15,17H,8-11,13-14,16H2,1-4H3,(H,30,34). The maximum Gasteiger partial charge on any atom is 0.268 e. The summed E-state index contributed by atoms with van der Waals surface area (Å²) in [5.41, 5.74) is 0.740. The third kappa shape index (κ3) is 4.55. The average Bonchev–Trinajstić information content (AvgIpc) is 3.63. The number of aromatic nitrogens is 5. The lowest BCUT2D eigenvalue weighted by molar-refractivity contribution is 0.0981. The minimum atomic E-state index is -4.12. The molecule has 4 heterocycles. The fourth-order valence-corrected chi connectivity index (χ4v) is 6.58. The van der Waals surface area contributed by atoms with Gasteiger partial charge in [-0.1, -0.05) is 13.8 Å². The van der Waals surface area contributed by atoms with E-state index in [4.69, 9.17) is 9.72 Å². The zero-order valence-electron chi connectivity index (χ0n) is 22.1. The van der Waals surface area contributed by atoms with Crippen LogP contribution in [0.15, 0.2) is 35.5 Å². The number of sulfonamides is 1. The molecule has 1 amide bonds. The minimum absolute atomic E-state index is 0.0305. The van der Waals surface area contributed by atoms with Gasteiger partial charge in [0.05, 0.1) is 17.9 Å². The number of pyridine rings is 1. The Hall–Kier alpha value is -3.41. The smallest absolute Gasteiger partial charge is 0.268 e. The van der Waals surface area contributed by atoms with Crippen molar-refractivity contribution in [2.75, 3.05) is 18.1 Å². The van der Waals surface area contributed by atoms with E-state index < -0.39 is 15.9 Å². The summed E-state index contributed by atoms with van der Waals surface area (Å²) >= 11 is 0. The molecule has 1 spiro atoms. The quantitative estimate of drug-likeness (QED) is 0.463. The van der Waals surface area contributed by atoms with Crippen molar-refractivity contribution >= 4 is 21.7 Å². The molecule has 1 saturated heterocycles. The number of aryl methyl sites for hydroxylation is 2. The Morgan fingerprint density at radius 1 is 1.18 bits per heavy atom. The Morgan fingerprint density at radius 2 is 1.95 bits per heavy atom. The molecule has 0 radical (unpaired) electrons. The van der Waals surface area contributed by atoms with Crippen LogP contribution in [0.25, 0.3) is 5.82 Å². The first-order chi connectivity index (χ1) is 18.0. The number of rotatable bonds is 8. The lowest BCUT2D eigenvalue weighted by Gasteiger charge is -2.27. The van der Waals surface area contributed by atoms with E-state index in [2.05, 4.69) is 33.7 Å². The van der Waals surface area contributed by atoms with Gasteiger partial charge in [0.25, 0.3) is 15.9 Å². The van der Waals surface area contributed by atoms with Crippen LogP contribution in [0.3, 0.4) is 0 Å². The van der Waals surface area contributed by atoms with Crippen molar-refractivity contribution in [1.29, 1.82) is 0 Å². The van der Waals surface area contributed by atoms with Gasteiger partial charge >= 0.3 is 0 Å². The monoisotopic (exact) mass is 539 g/mol. The van der Waals surface area contributed by atoms with Gasteiger partial charge < -0.3 is 9.64 Å². The third-order valence-electron chi connectivity index (χ3n) is 7.94. The maximum atomic E-state index is 13.5. The van der Waals surface area contributed by atoms with Crippen LogP contribution in [0.1, 0.15) is 62.0 Å². The van der Waals surface area contributed by atoms with Crippen molar-refractivity contribution in [3.63, 3.8) is 0 Å². The summed E-state index contributed by atoms with van der Waals surface area (Å²) in [5.74, 6) is 1.25. The fraction of sp³-hybridized carbons (Fsp3) is 0.538. The van der Waals surface area contributed by atoms with Crippen molar-refractivity contribution in [2.24, 2.45) is 18.4 Å². The van der Waals surface area contributed by atoms with Crippen LogP contribution in [0.2, 0.25) is 0 Å². The summed E-state index contributed by atoms with van der Waals surface area (Å²) in [7, 11) is -2.48. The van der Waals surface area contributed by atoms with E-state index in [1.165, 1.54) is 10.9 Å². The number of hydrogen-bond acceptors (Lipinski definition) is 8. The van der Waals surface area contributed by atoms with Crippen molar-refractivity contribution in [3.8, 4) is 11.7 Å². The molecule has 1 aliphatic heterocycles. The van der Waals surface area contributed by atoms with Gasteiger partial charge in [0, 0.05) is 43.0 Å². The second-order valence-corrected chi connectivity index (χ2v) is 13.2. The molecule has 2 saturated carbocycles. The van der Waals surface area contributed by atoms with Gasteiger partial charge in [-0.2, -0.15) is 5.10 Å². The van der Waals surface area contributed by atoms with Gasteiger partial charge in [0.1, 0.15) is 10.7 Å². The molecule has 3 fully saturated rings. The number of anilines is 1. The molecule has 1 unspecified atom stereocenters. The third-order valence-corrected chi connectivity index (χ3v) is 9.37. The number of nitrogens with zero attached hydrogens (tertiary/aromatic N) is 6. The number of hydrogen-bond donors (Lipinski definition) is 1. The molecule has 1 atom stereocenters. The highest BCUT2D eigenvalue weighted by Crippen LogP contribution is 2.53. The SMILES string of the molecule is Cc1nn(C)cc1S(=O)(=O)NC(=O)c1ccc(-n2ccc(OCC3(C)CC3)n2)nc1N1CC(C)CC12CC2. The van der Waals surface area contributed by atoms with Crippen LogP contribution >= 0.6 is 0 Å². The molecule has 202 valence electrons. The van der Waals surface area contributed by atoms with Gasteiger partial charge in [-0.15, -0.1) is 5.10 Å². The van der Waals surface area contributed by atoms with Crippen LogP contribution in [0, 0.1) is 18.3 Å². The Morgan fingerprint density at radius 3 is 2.61 bits per heavy atom. The van der Waals surface area contributed by atoms with Crippen LogP contribution in [0.4, 0.5) is 5.82 Å². The minimum Gasteiger partial charge on any atom is -0.476 e. The number of amides is 1. The summed E-state index contributed by atoms with van der Waals surface area (Å²) in [6.45, 7) is 7.35. The molecule has 11 nitrogen and oxygen atoms in total. The van der Waals surface area contributed by atoms with Crippen molar-refractivity contribution < 1.29 is 17.9 Å². The van der Waals surface area contributed by atoms with E-state index in [9.17, 15) is 13.2 Å². The van der Waals surface area contributed by atoms with Crippen molar-refractivity contribution in [1.82, 2.24) is 29.3 Å². The summed E-state index contributed by atoms with van der Waals surface area (Å²) in [6.07, 6.45) is 8.56. The number of carbonyl (C=O) groups excluding carboxylic acids is 1. The zero-order valence-corrected chi connectivity index (χ0v) is 23.0. The molecule has 38 heavy (non-hydrogen) atoms. The highest BCUT2D eigenvalue weighted by molar-refractivity contribution is 7.90. The Labute approximate surface area is 222 Å². The highest BCUT2D eigenvalue weighted by atomic mass is 32.2. The summed E-state index contributed by atoms with van der Waals surface area (Å²) in [4.78, 5) is 20.5. The molecular weight excluding hydrogens is 506 g/mol. The Kier molecular flexibility index (Phi) is 5.60. The average molecular weight is 540 g/mol. The summed E-state index contributed by atoms with van der Waals surface area (Å²) in [6, 6.07) is 5.11. The number of nitrogens with one attached hydrogen (secondary N) is 1. The van der Waals surface area contributed by atoms with E-state index in [0.29, 0.717) is 35.7 Å². The first kappa shape index (κ1) is 24.9. The topological polar surface area (TPSA) is 124 Å². The Bertz CT molecular complexity index is 1520. The first-order valence-corrected chi connectivity index (χ1v) is 14.5. The predicted octanol–water partition coefficient (Wildman–Crippen LogP) is 2.99. The first-order valence-electron chi connectivity index (χ1n) is 13.0. The second kappa shape index (κ2) is 8.55. The summed E-state index contributed by atoms with van der Waals surface area (Å²) < 4.78 is 37.3. The van der Waals surface area contributed by atoms with Gasteiger partial charge in [0.15, 0.2) is 5.82 Å². The Balaban J connectivity index is 1.33. The molecular formula is C26H33N7O4S. The number of carbonyl (C=O) groups is 1. The maximum absolute atomic E-state index is 13.5. The summed E-state index contributed by atoms with van der Waals surface area (Å²) in [5, 5.41) is 8.64. The van der Waals surface area contributed by atoms with Crippen LogP contribution in [-0.2, 0) is 17.1 Å². The molecule has 1 N–H and O–H groups in total. The molecule has 2 aliphatic carbocycles. The molecule has 3 aromatic heterocycles. The van der Waals surface area contributed by atoms with Gasteiger partial charge in [-0.3, -0.25) is 9.48 Å². The van der Waals surface area contributed by atoms with Gasteiger partial charge in [0.2, 0.25) is 5.88 Å². The van der Waals surface area contributed by atoms with Crippen LogP contribution in [0.5, 0.6) is 5.88 Å². The molecule has 3 aliphatic rings. The van der Waals surface area contributed by atoms with E-state index in [-0.39, 0.29) is 21.4 Å². The predicted molar refractivity (Wildman–Crippen MR) is 140 cm³/mol. The number of ether oxygens (including phenoxy) is 1. The molecule has 3 aromatic rings. The highest BCUT2D eigenvalue weighted by Gasteiger charge is 2.54. The zero-order chi connectivity index (χ0) is 26.9. The second-order valence-electron chi connectivity index (χ2n) is 11.6. The molecule has 0 bridgehead atoms. The molecule has 12 heteroatoms. The molecule has 0 aromatic carbocycles. The normalized spacial score (nSPS) is 21.1. The lowest BCUT2D eigenvalue weighted by Crippen LogP contribution is -2.36. The largest absolute Gasteiger partial charge is 0.476 e. The fourth-order valence-electron chi connectivity index (χ4n) is 5.40. The van der Waals surface area contributed by atoms with E-state index in [1.54, 1.807) is 43.0 Å². The van der Waals surface area contributed by atoms with E-state index in [1.807, 2.05) is 0 Å². The van der Waals surface area contributed by atoms with Crippen LogP contribution in [-0.4, -0.2) is 57.6 Å². The van der Waals surface area contributed by atoms with E-state index in [0.717, 1.165) is 38.6 Å². The lowest BCUT2D eigenvalue weighted by atomic mass is 10.1. The van der Waals surface area contributed by atoms with E-state index >= 15 is 0 Å². The van der Waals surface area contributed by atoms with Crippen molar-refractivity contribution in [3.05, 3.63) is 41.9 Å². The van der Waals surface area contributed by atoms with Gasteiger partial charge in [-0.25, -0.2) is 22.8 Å². The molecule has 6 rings (SSSR count). The van der Waals surface area contributed by atoms with Gasteiger partial charge in [-0.05, 0) is 57.1 Å². The van der Waals surface area contributed by atoms with Crippen LogP contribution < -0.4 is 14.4 Å².